The van der Waals surface area contributed by atoms with E-state index in [9.17, 15) is 0 Å². The molecule has 2 rings (SSSR count). The molecule has 1 aliphatic carbocycles. The summed E-state index contributed by atoms with van der Waals surface area (Å²) in [6.07, 6.45) is 5.09. The fourth-order valence-electron chi connectivity index (χ4n) is 2.25. The van der Waals surface area contributed by atoms with Crippen molar-refractivity contribution in [3.8, 4) is 0 Å². The smallest absolute Gasteiger partial charge is 0.0965 e. The van der Waals surface area contributed by atoms with Gasteiger partial charge in [-0.05, 0) is 30.6 Å². The first-order valence-corrected chi connectivity index (χ1v) is 5.93. The lowest BCUT2D eigenvalue weighted by molar-refractivity contribution is 0.374. The Kier molecular flexibility index (Phi) is 2.54. The van der Waals surface area contributed by atoms with Gasteiger partial charge in [0.2, 0.25) is 0 Å². The topological polar surface area (TPSA) is 24.4 Å². The molecule has 0 aromatic rings. The van der Waals surface area contributed by atoms with Gasteiger partial charge in [0, 0.05) is 19.0 Å². The van der Waals surface area contributed by atoms with Gasteiger partial charge < -0.3 is 5.32 Å². The molecule has 1 N–H and O–H groups in total. The van der Waals surface area contributed by atoms with Crippen molar-refractivity contribution in [2.45, 2.75) is 52.5 Å². The van der Waals surface area contributed by atoms with Crippen molar-refractivity contribution in [2.24, 2.45) is 16.3 Å². The van der Waals surface area contributed by atoms with E-state index >= 15 is 0 Å². The molecular formula is C12H22N2. The minimum absolute atomic E-state index is 0.528. The zero-order chi connectivity index (χ0) is 10.2. The van der Waals surface area contributed by atoms with Crippen LogP contribution >= 0.6 is 0 Å². The lowest BCUT2D eigenvalue weighted by atomic mass is 9.94. The highest BCUT2D eigenvalue weighted by Gasteiger charge is 2.52. The molecule has 2 aliphatic rings. The summed E-state index contributed by atoms with van der Waals surface area (Å²) >= 11 is 0. The average Bonchev–Trinajstić information content (AvgIpc) is 2.80. The maximum absolute atomic E-state index is 4.54. The van der Waals surface area contributed by atoms with Crippen molar-refractivity contribution in [3.05, 3.63) is 0 Å². The van der Waals surface area contributed by atoms with Gasteiger partial charge in [-0.15, -0.1) is 0 Å². The SMILES string of the molecule is CC(C)C1(C)CC1NC1=NCCCC1. The number of aliphatic imine (C=N–C) groups is 1. The predicted octanol–water partition coefficient (Wildman–Crippen LogP) is 2.59. The molecule has 0 amide bonds. The molecule has 1 heterocycles. The van der Waals surface area contributed by atoms with Crippen molar-refractivity contribution < 1.29 is 0 Å². The second kappa shape index (κ2) is 3.56. The van der Waals surface area contributed by atoms with Crippen LogP contribution in [0.25, 0.3) is 0 Å². The molecule has 0 aromatic heterocycles. The van der Waals surface area contributed by atoms with Crippen LogP contribution in [0.1, 0.15) is 46.5 Å². The lowest BCUT2D eigenvalue weighted by Gasteiger charge is -2.19. The fourth-order valence-corrected chi connectivity index (χ4v) is 2.25. The van der Waals surface area contributed by atoms with Gasteiger partial charge in [-0.2, -0.15) is 0 Å². The van der Waals surface area contributed by atoms with Gasteiger partial charge in [0.05, 0.1) is 5.84 Å². The molecule has 1 fully saturated rings. The molecule has 1 saturated carbocycles. The number of hydrogen-bond acceptors (Lipinski definition) is 2. The second-order valence-electron chi connectivity index (χ2n) is 5.35. The van der Waals surface area contributed by atoms with E-state index in [1.54, 1.807) is 0 Å². The Morgan fingerprint density at radius 3 is 2.71 bits per heavy atom. The van der Waals surface area contributed by atoms with Crippen molar-refractivity contribution in [1.82, 2.24) is 5.32 Å². The third-order valence-electron chi connectivity index (χ3n) is 4.06. The molecule has 2 atom stereocenters. The Morgan fingerprint density at radius 2 is 2.21 bits per heavy atom. The Hall–Kier alpha value is -0.530. The third kappa shape index (κ3) is 1.79. The Bertz CT molecular complexity index is 245. The summed E-state index contributed by atoms with van der Waals surface area (Å²) in [5.41, 5.74) is 0.528. The first-order chi connectivity index (χ1) is 6.63. The van der Waals surface area contributed by atoms with E-state index < -0.39 is 0 Å². The van der Waals surface area contributed by atoms with Crippen molar-refractivity contribution in [3.63, 3.8) is 0 Å². The van der Waals surface area contributed by atoms with Crippen LogP contribution in [0.4, 0.5) is 0 Å². The van der Waals surface area contributed by atoms with E-state index in [4.69, 9.17) is 0 Å². The van der Waals surface area contributed by atoms with Gasteiger partial charge in [-0.25, -0.2) is 0 Å². The summed E-state index contributed by atoms with van der Waals surface area (Å²) in [6, 6.07) is 0.694. The molecule has 0 radical (unpaired) electrons. The maximum Gasteiger partial charge on any atom is 0.0965 e. The van der Waals surface area contributed by atoms with E-state index in [2.05, 4.69) is 31.1 Å². The molecular weight excluding hydrogens is 172 g/mol. The first-order valence-electron chi connectivity index (χ1n) is 5.93. The summed E-state index contributed by atoms with van der Waals surface area (Å²) < 4.78 is 0. The summed E-state index contributed by atoms with van der Waals surface area (Å²) in [5.74, 6) is 2.05. The first kappa shape index (κ1) is 10.0. The molecule has 2 heteroatoms. The summed E-state index contributed by atoms with van der Waals surface area (Å²) in [7, 11) is 0. The van der Waals surface area contributed by atoms with E-state index in [0.717, 1.165) is 12.5 Å². The minimum atomic E-state index is 0.528. The number of rotatable bonds is 2. The minimum Gasteiger partial charge on any atom is -0.371 e. The van der Waals surface area contributed by atoms with Crippen LogP contribution in [-0.2, 0) is 0 Å². The zero-order valence-electron chi connectivity index (χ0n) is 9.64. The van der Waals surface area contributed by atoms with Crippen LogP contribution in [0.5, 0.6) is 0 Å². The largest absolute Gasteiger partial charge is 0.371 e. The van der Waals surface area contributed by atoms with Gasteiger partial charge in [-0.1, -0.05) is 20.8 Å². The second-order valence-corrected chi connectivity index (χ2v) is 5.35. The molecule has 0 bridgehead atoms. The highest BCUT2D eigenvalue weighted by atomic mass is 15.1. The van der Waals surface area contributed by atoms with E-state index in [1.165, 1.54) is 31.5 Å². The maximum atomic E-state index is 4.54. The van der Waals surface area contributed by atoms with Crippen molar-refractivity contribution >= 4 is 5.84 Å². The zero-order valence-corrected chi connectivity index (χ0v) is 9.64. The summed E-state index contributed by atoms with van der Waals surface area (Å²) in [5, 5.41) is 3.61. The predicted molar refractivity (Wildman–Crippen MR) is 60.6 cm³/mol. The van der Waals surface area contributed by atoms with Gasteiger partial charge in [0.1, 0.15) is 0 Å². The molecule has 0 spiro atoms. The lowest BCUT2D eigenvalue weighted by Crippen LogP contribution is -2.31. The van der Waals surface area contributed by atoms with Crippen LogP contribution in [0, 0.1) is 11.3 Å². The van der Waals surface area contributed by atoms with E-state index in [0.29, 0.717) is 11.5 Å². The average molecular weight is 194 g/mol. The number of nitrogens with zero attached hydrogens (tertiary/aromatic N) is 1. The van der Waals surface area contributed by atoms with E-state index in [1.807, 2.05) is 0 Å². The molecule has 2 unspecified atom stereocenters. The molecule has 80 valence electrons. The van der Waals surface area contributed by atoms with Gasteiger partial charge in [0.25, 0.3) is 0 Å². The monoisotopic (exact) mass is 194 g/mol. The Labute approximate surface area is 87.2 Å². The van der Waals surface area contributed by atoms with Crippen LogP contribution in [0.15, 0.2) is 4.99 Å². The number of amidine groups is 1. The molecule has 2 nitrogen and oxygen atoms in total. The summed E-state index contributed by atoms with van der Waals surface area (Å²) in [6.45, 7) is 8.07. The van der Waals surface area contributed by atoms with Crippen molar-refractivity contribution in [1.29, 1.82) is 0 Å². The molecule has 1 aliphatic heterocycles. The Morgan fingerprint density at radius 1 is 1.43 bits per heavy atom. The van der Waals surface area contributed by atoms with E-state index in [-0.39, 0.29) is 0 Å². The molecule has 14 heavy (non-hydrogen) atoms. The number of nitrogens with one attached hydrogen (secondary N) is 1. The Balaban J connectivity index is 1.86. The van der Waals surface area contributed by atoms with Crippen molar-refractivity contribution in [2.75, 3.05) is 6.54 Å². The highest BCUT2D eigenvalue weighted by molar-refractivity contribution is 5.83. The number of hydrogen-bond donors (Lipinski definition) is 1. The quantitative estimate of drug-likeness (QED) is 0.718. The fraction of sp³-hybridized carbons (Fsp3) is 0.917. The van der Waals surface area contributed by atoms with Gasteiger partial charge in [0.15, 0.2) is 0 Å². The normalized spacial score (nSPS) is 36.9. The van der Waals surface area contributed by atoms with Crippen LogP contribution < -0.4 is 5.32 Å². The molecule has 0 aromatic carbocycles. The summed E-state index contributed by atoms with van der Waals surface area (Å²) in [4.78, 5) is 4.54. The standard InChI is InChI=1S/C12H22N2/c1-9(2)12(3)8-10(12)14-11-6-4-5-7-13-11/h9-10H,4-8H2,1-3H3,(H,13,14). The third-order valence-corrected chi connectivity index (χ3v) is 4.06. The van der Waals surface area contributed by atoms with Gasteiger partial charge in [-0.3, -0.25) is 4.99 Å². The highest BCUT2D eigenvalue weighted by Crippen LogP contribution is 2.51. The van der Waals surface area contributed by atoms with Gasteiger partial charge >= 0.3 is 0 Å². The van der Waals surface area contributed by atoms with Crippen LogP contribution in [0.3, 0.4) is 0 Å². The van der Waals surface area contributed by atoms with Crippen LogP contribution in [-0.4, -0.2) is 18.4 Å². The molecule has 0 saturated heterocycles. The van der Waals surface area contributed by atoms with Crippen LogP contribution in [0.2, 0.25) is 0 Å².